The molecule has 3 aromatic rings. The normalized spacial score (nSPS) is 10.9. The molecule has 0 radical (unpaired) electrons. The summed E-state index contributed by atoms with van der Waals surface area (Å²) in [5.41, 5.74) is 4.92. The topological polar surface area (TPSA) is 63.1 Å². The molecule has 1 N–H and O–H groups in total. The Balaban J connectivity index is 1.86. The molecule has 0 fully saturated rings. The highest BCUT2D eigenvalue weighted by Crippen LogP contribution is 2.35. The average Bonchev–Trinajstić information content (AvgIpc) is 3.16. The molecule has 0 aliphatic heterocycles. The maximum atomic E-state index is 10.8. The van der Waals surface area contributed by atoms with Crippen LogP contribution in [0.2, 0.25) is 0 Å². The van der Waals surface area contributed by atoms with Crippen LogP contribution < -0.4 is 0 Å². The van der Waals surface area contributed by atoms with Crippen molar-refractivity contribution in [3.8, 4) is 33.5 Å². The third-order valence-electron chi connectivity index (χ3n) is 4.32. The SMILES string of the molecule is C#Cc1cc(-c2nnc(-c3ccc(CCC(=O)O)cc3C)s2)ccc1SC(C)C. The van der Waals surface area contributed by atoms with Gasteiger partial charge in [-0.25, -0.2) is 0 Å². The van der Waals surface area contributed by atoms with Crippen LogP contribution in [0.5, 0.6) is 0 Å². The fraction of sp³-hybridized carbons (Fsp3) is 0.261. The molecule has 0 amide bonds. The van der Waals surface area contributed by atoms with Crippen LogP contribution in [0.25, 0.3) is 21.1 Å². The van der Waals surface area contributed by atoms with E-state index in [0.717, 1.165) is 42.7 Å². The summed E-state index contributed by atoms with van der Waals surface area (Å²) < 4.78 is 0. The van der Waals surface area contributed by atoms with Gasteiger partial charge in [-0.2, -0.15) is 0 Å². The molecule has 0 atom stereocenters. The van der Waals surface area contributed by atoms with E-state index in [1.807, 2.05) is 37.3 Å². The molecule has 3 rings (SSSR count). The number of terminal acetylenes is 1. The van der Waals surface area contributed by atoms with E-state index in [9.17, 15) is 4.79 Å². The monoisotopic (exact) mass is 422 g/mol. The summed E-state index contributed by atoms with van der Waals surface area (Å²) in [4.78, 5) is 11.9. The number of rotatable bonds is 7. The maximum absolute atomic E-state index is 10.8. The molecule has 2 aromatic carbocycles. The van der Waals surface area contributed by atoms with Crippen molar-refractivity contribution < 1.29 is 9.90 Å². The second kappa shape index (κ2) is 9.25. The lowest BCUT2D eigenvalue weighted by Crippen LogP contribution is -1.98. The number of hydrogen-bond acceptors (Lipinski definition) is 5. The standard InChI is InChI=1S/C23H22N2O2S2/c1-5-17-13-18(8-10-20(17)28-14(2)3)22-24-25-23(29-22)19-9-6-16(12-15(19)4)7-11-21(26)27/h1,6,8-10,12-14H,7,11H2,2-4H3,(H,26,27). The molecule has 0 unspecified atom stereocenters. The van der Waals surface area contributed by atoms with Crippen LogP contribution in [-0.4, -0.2) is 26.5 Å². The number of thioether (sulfide) groups is 1. The number of carboxylic acids is 1. The summed E-state index contributed by atoms with van der Waals surface area (Å²) >= 11 is 3.28. The predicted molar refractivity (Wildman–Crippen MR) is 120 cm³/mol. The quantitative estimate of drug-likeness (QED) is 0.392. The lowest BCUT2D eigenvalue weighted by Gasteiger charge is -2.08. The van der Waals surface area contributed by atoms with E-state index >= 15 is 0 Å². The molecule has 1 heterocycles. The zero-order valence-electron chi connectivity index (χ0n) is 16.6. The minimum Gasteiger partial charge on any atom is -0.481 e. The van der Waals surface area contributed by atoms with Crippen LogP contribution in [-0.2, 0) is 11.2 Å². The molecule has 0 saturated carbocycles. The molecule has 0 aliphatic carbocycles. The fourth-order valence-corrected chi connectivity index (χ4v) is 4.78. The second-order valence-electron chi connectivity index (χ2n) is 6.98. The first-order valence-electron chi connectivity index (χ1n) is 9.30. The molecule has 29 heavy (non-hydrogen) atoms. The summed E-state index contributed by atoms with van der Waals surface area (Å²) in [5.74, 6) is 1.99. The van der Waals surface area contributed by atoms with Gasteiger partial charge in [-0.15, -0.1) is 28.4 Å². The lowest BCUT2D eigenvalue weighted by molar-refractivity contribution is -0.136. The minimum atomic E-state index is -0.787. The third-order valence-corrected chi connectivity index (χ3v) is 6.41. The lowest BCUT2D eigenvalue weighted by atomic mass is 10.0. The number of aliphatic carboxylic acids is 1. The molecular weight excluding hydrogens is 400 g/mol. The number of hydrogen-bond donors (Lipinski definition) is 1. The number of aromatic nitrogens is 2. The zero-order chi connectivity index (χ0) is 21.0. The Bertz CT molecular complexity index is 1080. The Morgan fingerprint density at radius 2 is 1.97 bits per heavy atom. The van der Waals surface area contributed by atoms with Crippen molar-refractivity contribution in [1.82, 2.24) is 10.2 Å². The Labute approximate surface area is 179 Å². The van der Waals surface area contributed by atoms with Gasteiger partial charge in [0.1, 0.15) is 10.0 Å². The first-order chi connectivity index (χ1) is 13.9. The number of aryl methyl sites for hydroxylation is 2. The van der Waals surface area contributed by atoms with Crippen molar-refractivity contribution in [3.05, 3.63) is 53.1 Å². The molecule has 0 spiro atoms. The van der Waals surface area contributed by atoms with Crippen LogP contribution in [0.1, 0.15) is 37.0 Å². The first-order valence-corrected chi connectivity index (χ1v) is 11.0. The number of benzene rings is 2. The van der Waals surface area contributed by atoms with Crippen molar-refractivity contribution in [2.45, 2.75) is 43.8 Å². The second-order valence-corrected chi connectivity index (χ2v) is 9.57. The van der Waals surface area contributed by atoms with Crippen LogP contribution in [0.15, 0.2) is 41.3 Å². The largest absolute Gasteiger partial charge is 0.481 e. The molecule has 4 nitrogen and oxygen atoms in total. The highest BCUT2D eigenvalue weighted by atomic mass is 32.2. The minimum absolute atomic E-state index is 0.129. The number of carbonyl (C=O) groups is 1. The Hall–Kier alpha value is -2.62. The van der Waals surface area contributed by atoms with Gasteiger partial charge >= 0.3 is 5.97 Å². The van der Waals surface area contributed by atoms with Crippen molar-refractivity contribution in [2.24, 2.45) is 0 Å². The Morgan fingerprint density at radius 3 is 2.62 bits per heavy atom. The van der Waals surface area contributed by atoms with Gasteiger partial charge in [0.25, 0.3) is 0 Å². The van der Waals surface area contributed by atoms with Crippen LogP contribution in [0, 0.1) is 19.3 Å². The maximum Gasteiger partial charge on any atom is 0.303 e. The highest BCUT2D eigenvalue weighted by molar-refractivity contribution is 8.00. The molecule has 0 aliphatic rings. The van der Waals surface area contributed by atoms with E-state index in [0.29, 0.717) is 11.7 Å². The van der Waals surface area contributed by atoms with E-state index in [1.165, 1.54) is 11.3 Å². The van der Waals surface area contributed by atoms with E-state index in [4.69, 9.17) is 11.5 Å². The first kappa shape index (κ1) is 21.1. The highest BCUT2D eigenvalue weighted by Gasteiger charge is 2.13. The molecule has 6 heteroatoms. The van der Waals surface area contributed by atoms with Gasteiger partial charge in [-0.05, 0) is 36.6 Å². The van der Waals surface area contributed by atoms with Crippen molar-refractivity contribution >= 4 is 29.1 Å². The number of carboxylic acid groups (broad SMARTS) is 1. The number of nitrogens with zero attached hydrogens (tertiary/aromatic N) is 2. The van der Waals surface area contributed by atoms with Gasteiger partial charge in [0, 0.05) is 33.3 Å². The van der Waals surface area contributed by atoms with Gasteiger partial charge in [-0.3, -0.25) is 4.79 Å². The summed E-state index contributed by atoms with van der Waals surface area (Å²) in [5, 5.41) is 19.7. The summed E-state index contributed by atoms with van der Waals surface area (Å²) in [7, 11) is 0. The van der Waals surface area contributed by atoms with Crippen molar-refractivity contribution in [2.75, 3.05) is 0 Å². The van der Waals surface area contributed by atoms with Gasteiger partial charge < -0.3 is 5.11 Å². The average molecular weight is 423 g/mol. The van der Waals surface area contributed by atoms with Crippen molar-refractivity contribution in [3.63, 3.8) is 0 Å². The molecule has 0 bridgehead atoms. The van der Waals surface area contributed by atoms with Gasteiger partial charge in [0.05, 0.1) is 0 Å². The molecular formula is C23H22N2O2S2. The van der Waals surface area contributed by atoms with E-state index in [-0.39, 0.29) is 6.42 Å². The van der Waals surface area contributed by atoms with E-state index in [1.54, 1.807) is 11.8 Å². The van der Waals surface area contributed by atoms with Crippen LogP contribution >= 0.6 is 23.1 Å². The molecule has 148 valence electrons. The summed E-state index contributed by atoms with van der Waals surface area (Å²) in [6, 6.07) is 12.1. The molecule has 1 aromatic heterocycles. The summed E-state index contributed by atoms with van der Waals surface area (Å²) in [6.45, 7) is 6.30. The van der Waals surface area contributed by atoms with E-state index in [2.05, 4.69) is 36.0 Å². The van der Waals surface area contributed by atoms with Gasteiger partial charge in [0.2, 0.25) is 0 Å². The smallest absolute Gasteiger partial charge is 0.303 e. The Morgan fingerprint density at radius 1 is 1.21 bits per heavy atom. The van der Waals surface area contributed by atoms with Gasteiger partial charge in [0.15, 0.2) is 0 Å². The fourth-order valence-electron chi connectivity index (χ4n) is 2.95. The van der Waals surface area contributed by atoms with Crippen LogP contribution in [0.3, 0.4) is 0 Å². The van der Waals surface area contributed by atoms with E-state index < -0.39 is 5.97 Å². The predicted octanol–water partition coefficient (Wildman–Crippen LogP) is 5.68. The Kier molecular flexibility index (Phi) is 6.73. The van der Waals surface area contributed by atoms with Gasteiger partial charge in [-0.1, -0.05) is 55.4 Å². The zero-order valence-corrected chi connectivity index (χ0v) is 18.2. The molecule has 0 saturated heterocycles. The van der Waals surface area contributed by atoms with Crippen molar-refractivity contribution in [1.29, 1.82) is 0 Å². The summed E-state index contributed by atoms with van der Waals surface area (Å²) in [6.07, 6.45) is 6.36. The third kappa shape index (κ3) is 5.26. The van der Waals surface area contributed by atoms with Crippen LogP contribution in [0.4, 0.5) is 0 Å².